The van der Waals surface area contributed by atoms with Crippen molar-refractivity contribution in [3.05, 3.63) is 35.9 Å². The Labute approximate surface area is 76.4 Å². The van der Waals surface area contributed by atoms with Gasteiger partial charge in [-0.15, -0.1) is 0 Å². The molecule has 0 aliphatic rings. The summed E-state index contributed by atoms with van der Waals surface area (Å²) in [5.74, 6) is 0. The van der Waals surface area contributed by atoms with Gasteiger partial charge in [0.05, 0.1) is 6.61 Å². The molecule has 0 N–H and O–H groups in total. The Hall–Kier alpha value is -1.12. The molecule has 70 valence electrons. The summed E-state index contributed by atoms with van der Waals surface area (Å²) in [5.41, 5.74) is 0.885. The van der Waals surface area contributed by atoms with Crippen LogP contribution in [0.25, 0.3) is 0 Å². The van der Waals surface area contributed by atoms with Gasteiger partial charge in [-0.2, -0.15) is 0 Å². The summed E-state index contributed by atoms with van der Waals surface area (Å²) in [7, 11) is -2.66. The van der Waals surface area contributed by atoms with Gasteiger partial charge in [0.15, 0.2) is 0 Å². The zero-order chi connectivity index (χ0) is 9.52. The van der Waals surface area contributed by atoms with E-state index in [1.807, 2.05) is 30.3 Å². The van der Waals surface area contributed by atoms with E-state index in [1.165, 1.54) is 0 Å². The van der Waals surface area contributed by atoms with Crippen molar-refractivity contribution in [2.45, 2.75) is 6.61 Å². The van der Waals surface area contributed by atoms with Crippen LogP contribution in [0.5, 0.6) is 0 Å². The fourth-order valence-corrected chi connectivity index (χ4v) is 1.22. The summed E-state index contributed by atoms with van der Waals surface area (Å²) < 4.78 is 19.6. The highest BCUT2D eigenvalue weighted by atomic mass is 31.1. The van der Waals surface area contributed by atoms with Crippen LogP contribution in [0.4, 0.5) is 0 Å². The first-order valence-electron chi connectivity index (χ1n) is 3.64. The molecule has 0 spiro atoms. The number of hydrogen-bond acceptors (Lipinski definition) is 4. The third kappa shape index (κ3) is 3.87. The minimum Gasteiger partial charge on any atom is -0.396 e. The molecule has 0 saturated carbocycles. The van der Waals surface area contributed by atoms with Crippen molar-refractivity contribution in [2.24, 2.45) is 0 Å². The summed E-state index contributed by atoms with van der Waals surface area (Å²) >= 11 is 0. The standard InChI is InChI=1S/C8H9O4P/c9-7-12-13(10)11-6-8-4-2-1-3-5-8/h1-5,7,13H,6H2. The molecule has 0 aliphatic heterocycles. The normalized spacial score (nSPS) is 12.0. The Balaban J connectivity index is 2.35. The Kier molecular flexibility index (Phi) is 4.23. The zero-order valence-electron chi connectivity index (χ0n) is 6.80. The molecule has 0 amide bonds. The van der Waals surface area contributed by atoms with E-state index in [0.29, 0.717) is 0 Å². The Morgan fingerprint density at radius 2 is 2.00 bits per heavy atom. The molecule has 13 heavy (non-hydrogen) atoms. The van der Waals surface area contributed by atoms with Crippen molar-refractivity contribution in [1.82, 2.24) is 0 Å². The second kappa shape index (κ2) is 5.51. The van der Waals surface area contributed by atoms with Crippen LogP contribution in [0.15, 0.2) is 30.3 Å². The molecule has 5 heteroatoms. The summed E-state index contributed by atoms with van der Waals surface area (Å²) in [4.78, 5) is 9.75. The lowest BCUT2D eigenvalue weighted by Crippen LogP contribution is -1.86. The van der Waals surface area contributed by atoms with E-state index in [4.69, 9.17) is 4.52 Å². The number of carbonyl (C=O) groups is 1. The third-order valence-corrected chi connectivity index (χ3v) is 2.01. The monoisotopic (exact) mass is 200 g/mol. The zero-order valence-corrected chi connectivity index (χ0v) is 7.80. The van der Waals surface area contributed by atoms with Crippen molar-refractivity contribution in [3.63, 3.8) is 0 Å². The van der Waals surface area contributed by atoms with Gasteiger partial charge < -0.3 is 4.52 Å². The van der Waals surface area contributed by atoms with Crippen molar-refractivity contribution in [2.75, 3.05) is 0 Å². The Morgan fingerprint density at radius 3 is 2.62 bits per heavy atom. The lowest BCUT2D eigenvalue weighted by Gasteiger charge is -2.01. The first-order valence-corrected chi connectivity index (χ1v) is 4.86. The largest absolute Gasteiger partial charge is 0.396 e. The lowest BCUT2D eigenvalue weighted by atomic mass is 10.2. The molecule has 0 radical (unpaired) electrons. The second-order valence-corrected chi connectivity index (χ2v) is 3.26. The van der Waals surface area contributed by atoms with Gasteiger partial charge in [-0.3, -0.25) is 9.32 Å². The third-order valence-electron chi connectivity index (χ3n) is 1.34. The number of benzene rings is 1. The summed E-state index contributed by atoms with van der Waals surface area (Å²) in [6, 6.07) is 9.22. The van der Waals surface area contributed by atoms with Crippen LogP contribution in [-0.4, -0.2) is 6.47 Å². The van der Waals surface area contributed by atoms with Crippen LogP contribution < -0.4 is 0 Å². The van der Waals surface area contributed by atoms with Crippen LogP contribution in [0, 0.1) is 0 Å². The molecule has 0 bridgehead atoms. The van der Waals surface area contributed by atoms with Gasteiger partial charge in [-0.1, -0.05) is 30.3 Å². The smallest absolute Gasteiger partial charge is 0.370 e. The predicted molar refractivity (Wildman–Crippen MR) is 47.4 cm³/mol. The van der Waals surface area contributed by atoms with Gasteiger partial charge in [-0.25, -0.2) is 4.57 Å². The highest BCUT2D eigenvalue weighted by molar-refractivity contribution is 7.33. The van der Waals surface area contributed by atoms with E-state index in [-0.39, 0.29) is 13.1 Å². The molecule has 1 rings (SSSR count). The van der Waals surface area contributed by atoms with E-state index in [2.05, 4.69) is 4.52 Å². The molecule has 0 aliphatic carbocycles. The van der Waals surface area contributed by atoms with Crippen molar-refractivity contribution in [3.8, 4) is 0 Å². The van der Waals surface area contributed by atoms with Gasteiger partial charge in [0.1, 0.15) is 0 Å². The Morgan fingerprint density at radius 1 is 1.31 bits per heavy atom. The fraction of sp³-hybridized carbons (Fsp3) is 0.125. The van der Waals surface area contributed by atoms with Crippen LogP contribution in [-0.2, 0) is 25.0 Å². The molecule has 0 fully saturated rings. The van der Waals surface area contributed by atoms with Crippen LogP contribution in [0.3, 0.4) is 0 Å². The van der Waals surface area contributed by atoms with E-state index >= 15 is 0 Å². The van der Waals surface area contributed by atoms with E-state index < -0.39 is 8.25 Å². The number of rotatable bonds is 5. The fourth-order valence-electron chi connectivity index (χ4n) is 0.790. The number of carbonyl (C=O) groups excluding carboxylic acids is 1. The highest BCUT2D eigenvalue weighted by Gasteiger charge is 1.98. The molecule has 4 nitrogen and oxygen atoms in total. The van der Waals surface area contributed by atoms with Gasteiger partial charge >= 0.3 is 8.25 Å². The molecule has 1 atom stereocenters. The average molecular weight is 200 g/mol. The molecular weight excluding hydrogens is 191 g/mol. The molecule has 0 aromatic heterocycles. The van der Waals surface area contributed by atoms with Gasteiger partial charge in [0.2, 0.25) is 0 Å². The minimum absolute atomic E-state index is 0.117. The maximum absolute atomic E-state index is 10.7. The van der Waals surface area contributed by atoms with Crippen LogP contribution in [0.1, 0.15) is 5.56 Å². The second-order valence-electron chi connectivity index (χ2n) is 2.24. The van der Waals surface area contributed by atoms with Gasteiger partial charge in [0.25, 0.3) is 6.47 Å². The van der Waals surface area contributed by atoms with Crippen molar-refractivity contribution in [1.29, 1.82) is 0 Å². The predicted octanol–water partition coefficient (Wildman–Crippen LogP) is 1.77. The quantitative estimate of drug-likeness (QED) is 0.536. The van der Waals surface area contributed by atoms with E-state index in [0.717, 1.165) is 5.56 Å². The summed E-state index contributed by atoms with van der Waals surface area (Å²) in [5, 5.41) is 0. The number of hydrogen-bond donors (Lipinski definition) is 0. The maximum Gasteiger partial charge on any atom is 0.370 e. The van der Waals surface area contributed by atoms with E-state index in [1.54, 1.807) is 0 Å². The van der Waals surface area contributed by atoms with Crippen LogP contribution >= 0.6 is 8.25 Å². The van der Waals surface area contributed by atoms with Gasteiger partial charge in [-0.05, 0) is 5.56 Å². The van der Waals surface area contributed by atoms with Gasteiger partial charge in [0, 0.05) is 0 Å². The minimum atomic E-state index is -2.66. The van der Waals surface area contributed by atoms with Crippen molar-refractivity contribution >= 4 is 14.7 Å². The molecule has 1 aromatic rings. The molecule has 0 heterocycles. The highest BCUT2D eigenvalue weighted by Crippen LogP contribution is 2.23. The van der Waals surface area contributed by atoms with Crippen LogP contribution in [0.2, 0.25) is 0 Å². The Bertz CT molecular complexity index is 285. The lowest BCUT2D eigenvalue weighted by molar-refractivity contribution is -0.120. The molecule has 0 saturated heterocycles. The molecule has 1 unspecified atom stereocenters. The van der Waals surface area contributed by atoms with Crippen molar-refractivity contribution < 1.29 is 18.4 Å². The summed E-state index contributed by atoms with van der Waals surface area (Å²) in [6.07, 6.45) is 0. The first kappa shape index (κ1) is 9.96. The maximum atomic E-state index is 10.7. The summed E-state index contributed by atoms with van der Waals surface area (Å²) in [6.45, 7) is 0.304. The molecular formula is C8H9O4P. The first-order chi connectivity index (χ1) is 6.33. The SMILES string of the molecule is O=CO[PH](=O)OCc1ccccc1. The average Bonchev–Trinajstić information content (AvgIpc) is 2.17. The van der Waals surface area contributed by atoms with E-state index in [9.17, 15) is 9.36 Å². The molecule has 1 aromatic carbocycles. The topological polar surface area (TPSA) is 52.6 Å².